The number of aromatic hydroxyl groups is 4. The first-order valence-corrected chi connectivity index (χ1v) is 9.80. The quantitative estimate of drug-likeness (QED) is 0.197. The fraction of sp³-hybridized carbons (Fsp3) is 0.381. The molecule has 3 rings (SSSR count). The van der Waals surface area contributed by atoms with Gasteiger partial charge in [-0.05, 0) is 12.1 Å². The van der Waals surface area contributed by atoms with Crippen molar-refractivity contribution in [2.24, 2.45) is 0 Å². The Morgan fingerprint density at radius 3 is 1.94 bits per heavy atom. The molecule has 0 radical (unpaired) electrons. The zero-order valence-electron chi connectivity index (χ0n) is 18.0. The summed E-state index contributed by atoms with van der Waals surface area (Å²) in [5, 5.41) is 69.1. The predicted molar refractivity (Wildman–Crippen MR) is 110 cm³/mol. The van der Waals surface area contributed by atoms with Crippen molar-refractivity contribution >= 4 is 5.97 Å². The van der Waals surface area contributed by atoms with Crippen LogP contribution in [0.15, 0.2) is 24.3 Å². The molecule has 7 N–H and O–H groups in total. The zero-order chi connectivity index (χ0) is 25.2. The Kier molecular flexibility index (Phi) is 7.41. The van der Waals surface area contributed by atoms with E-state index in [1.807, 2.05) is 0 Å². The second kappa shape index (κ2) is 10.1. The Morgan fingerprint density at radius 1 is 0.853 bits per heavy atom. The second-order valence-electron chi connectivity index (χ2n) is 7.27. The number of esters is 1. The van der Waals surface area contributed by atoms with Gasteiger partial charge >= 0.3 is 5.97 Å². The molecule has 186 valence electrons. The lowest BCUT2D eigenvalue weighted by molar-refractivity contribution is -0.277. The van der Waals surface area contributed by atoms with E-state index in [-0.39, 0.29) is 28.6 Å². The molecule has 2 aromatic rings. The molecule has 13 nitrogen and oxygen atoms in total. The van der Waals surface area contributed by atoms with Gasteiger partial charge in [-0.2, -0.15) is 0 Å². The van der Waals surface area contributed by atoms with Gasteiger partial charge in [0.1, 0.15) is 36.8 Å². The van der Waals surface area contributed by atoms with Crippen LogP contribution < -0.4 is 14.2 Å². The molecule has 5 atom stereocenters. The maximum atomic E-state index is 12.2. The van der Waals surface area contributed by atoms with Crippen LogP contribution in [0, 0.1) is 0 Å². The smallest absolute Gasteiger partial charge is 0.338 e. The van der Waals surface area contributed by atoms with Crippen molar-refractivity contribution in [3.8, 4) is 40.2 Å². The van der Waals surface area contributed by atoms with E-state index in [1.165, 1.54) is 26.4 Å². The molecule has 0 saturated carbocycles. The molecular weight excluding hydrogens is 460 g/mol. The number of benzene rings is 2. The van der Waals surface area contributed by atoms with Gasteiger partial charge in [-0.25, -0.2) is 4.79 Å². The molecule has 0 bridgehead atoms. The Labute approximate surface area is 192 Å². The maximum Gasteiger partial charge on any atom is 0.338 e. The van der Waals surface area contributed by atoms with Crippen molar-refractivity contribution in [1.29, 1.82) is 0 Å². The van der Waals surface area contributed by atoms with Crippen molar-refractivity contribution in [2.75, 3.05) is 20.8 Å². The van der Waals surface area contributed by atoms with Crippen molar-refractivity contribution in [3.63, 3.8) is 0 Å². The fourth-order valence-electron chi connectivity index (χ4n) is 3.19. The molecule has 0 aromatic heterocycles. The number of rotatable bonds is 7. The summed E-state index contributed by atoms with van der Waals surface area (Å²) in [6, 6.07) is 4.24. The summed E-state index contributed by atoms with van der Waals surface area (Å²) in [6.45, 7) is -0.617. The minimum absolute atomic E-state index is 0.00823. The number of carbonyl (C=O) groups is 1. The van der Waals surface area contributed by atoms with Gasteiger partial charge in [-0.1, -0.05) is 0 Å². The highest BCUT2D eigenvalue weighted by Crippen LogP contribution is 2.41. The van der Waals surface area contributed by atoms with E-state index in [9.17, 15) is 40.5 Å². The van der Waals surface area contributed by atoms with Crippen LogP contribution in [0.3, 0.4) is 0 Å². The van der Waals surface area contributed by atoms with Gasteiger partial charge in [0.25, 0.3) is 0 Å². The van der Waals surface area contributed by atoms with Crippen LogP contribution in [-0.4, -0.2) is 93.2 Å². The summed E-state index contributed by atoms with van der Waals surface area (Å²) >= 11 is 0. The van der Waals surface area contributed by atoms with Gasteiger partial charge in [0.2, 0.25) is 12.0 Å². The summed E-state index contributed by atoms with van der Waals surface area (Å²) in [6.07, 6.45) is -8.02. The largest absolute Gasteiger partial charge is 0.504 e. The van der Waals surface area contributed by atoms with Crippen molar-refractivity contribution in [2.45, 2.75) is 30.7 Å². The number of phenols is 4. The first-order valence-electron chi connectivity index (χ1n) is 9.80. The monoisotopic (exact) mass is 484 g/mol. The number of hydrogen-bond donors (Lipinski definition) is 7. The molecule has 1 fully saturated rings. The van der Waals surface area contributed by atoms with E-state index in [2.05, 4.69) is 0 Å². The van der Waals surface area contributed by atoms with Gasteiger partial charge < -0.3 is 59.4 Å². The van der Waals surface area contributed by atoms with Crippen LogP contribution >= 0.6 is 0 Å². The molecule has 1 saturated heterocycles. The van der Waals surface area contributed by atoms with E-state index in [0.29, 0.717) is 0 Å². The Hall–Kier alpha value is -3.65. The highest BCUT2D eigenvalue weighted by molar-refractivity contribution is 5.91. The number of hydrogen-bond acceptors (Lipinski definition) is 13. The Balaban J connectivity index is 1.73. The lowest BCUT2D eigenvalue weighted by Gasteiger charge is -2.39. The number of ether oxygens (including phenoxy) is 5. The lowest BCUT2D eigenvalue weighted by Crippen LogP contribution is -2.60. The molecule has 1 aliphatic rings. The molecule has 0 spiro atoms. The number of aliphatic hydroxyl groups is 3. The van der Waals surface area contributed by atoms with Gasteiger partial charge in [0.15, 0.2) is 28.7 Å². The van der Waals surface area contributed by atoms with Crippen molar-refractivity contribution < 1.29 is 64.2 Å². The Morgan fingerprint density at radius 2 is 1.41 bits per heavy atom. The summed E-state index contributed by atoms with van der Waals surface area (Å²) in [4.78, 5) is 12.2. The van der Waals surface area contributed by atoms with Crippen molar-refractivity contribution in [3.05, 3.63) is 29.8 Å². The minimum Gasteiger partial charge on any atom is -0.504 e. The first kappa shape index (κ1) is 25.0. The molecule has 34 heavy (non-hydrogen) atoms. The van der Waals surface area contributed by atoms with Crippen LogP contribution in [0.5, 0.6) is 40.2 Å². The fourth-order valence-corrected chi connectivity index (χ4v) is 3.19. The van der Waals surface area contributed by atoms with E-state index >= 15 is 0 Å². The normalized spacial score (nSPS) is 24.3. The van der Waals surface area contributed by atoms with E-state index in [0.717, 1.165) is 12.1 Å². The van der Waals surface area contributed by atoms with E-state index < -0.39 is 60.5 Å². The van der Waals surface area contributed by atoms with Gasteiger partial charge in [-0.15, -0.1) is 0 Å². The minimum atomic E-state index is -1.75. The highest BCUT2D eigenvalue weighted by atomic mass is 16.7. The topological polar surface area (TPSA) is 205 Å². The standard InChI is InChI=1S/C21H24O13/c1-30-12-5-9(6-13(31-2)16(12)25)33-21-19(28)18(27)17(26)14(34-21)7-32-20(29)8-3-10(22)15(24)11(23)4-8/h3-6,14,17-19,21-28H,7H2,1-2H3/t14-,17-,18+,19-,21+/m1/s1. The summed E-state index contributed by atoms with van der Waals surface area (Å²) < 4.78 is 26.1. The molecule has 1 aliphatic heterocycles. The molecule has 2 aromatic carbocycles. The maximum absolute atomic E-state index is 12.2. The van der Waals surface area contributed by atoms with Crippen molar-refractivity contribution in [1.82, 2.24) is 0 Å². The van der Waals surface area contributed by atoms with Gasteiger partial charge in [0, 0.05) is 12.1 Å². The summed E-state index contributed by atoms with van der Waals surface area (Å²) in [7, 11) is 2.59. The number of aliphatic hydroxyl groups excluding tert-OH is 3. The highest BCUT2D eigenvalue weighted by Gasteiger charge is 2.45. The number of methoxy groups -OCH3 is 2. The molecule has 0 aliphatic carbocycles. The third kappa shape index (κ3) is 4.97. The summed E-state index contributed by atoms with van der Waals surface area (Å²) in [5.74, 6) is -3.67. The molecule has 1 heterocycles. The lowest BCUT2D eigenvalue weighted by atomic mass is 9.99. The molecular formula is C21H24O13. The SMILES string of the molecule is COc1cc(O[C@H]2O[C@H](COC(=O)c3cc(O)c(O)c(O)c3)[C@@H](O)[C@H](O)[C@H]2O)cc(OC)c1O. The molecule has 13 heteroatoms. The number of carbonyl (C=O) groups excluding carboxylic acids is 1. The van der Waals surface area contributed by atoms with Crippen LogP contribution in [0.4, 0.5) is 0 Å². The van der Waals surface area contributed by atoms with Gasteiger partial charge in [0.05, 0.1) is 19.8 Å². The predicted octanol–water partition coefficient (Wildman–Crippen LogP) is -0.430. The number of phenolic OH excluding ortho intramolecular Hbond substituents is 4. The van der Waals surface area contributed by atoms with Crippen LogP contribution in [0.1, 0.15) is 10.4 Å². The average molecular weight is 484 g/mol. The molecule has 0 unspecified atom stereocenters. The van der Waals surface area contributed by atoms with Gasteiger partial charge in [-0.3, -0.25) is 0 Å². The van der Waals surface area contributed by atoms with Crippen LogP contribution in [-0.2, 0) is 9.47 Å². The van der Waals surface area contributed by atoms with E-state index in [4.69, 9.17) is 23.7 Å². The third-order valence-electron chi connectivity index (χ3n) is 5.06. The Bertz CT molecular complexity index is 991. The second-order valence-corrected chi connectivity index (χ2v) is 7.27. The van der Waals surface area contributed by atoms with E-state index in [1.54, 1.807) is 0 Å². The van der Waals surface area contributed by atoms with Crippen LogP contribution in [0.2, 0.25) is 0 Å². The van der Waals surface area contributed by atoms with Crippen LogP contribution in [0.25, 0.3) is 0 Å². The first-order chi connectivity index (χ1) is 16.1. The third-order valence-corrected chi connectivity index (χ3v) is 5.06. The average Bonchev–Trinajstić information content (AvgIpc) is 2.82. The zero-order valence-corrected chi connectivity index (χ0v) is 18.0. The summed E-state index contributed by atoms with van der Waals surface area (Å²) in [5.41, 5.74) is -0.310. The molecule has 0 amide bonds.